The van der Waals surface area contributed by atoms with Crippen molar-refractivity contribution in [2.45, 2.75) is 79.6 Å². The van der Waals surface area contributed by atoms with Crippen molar-refractivity contribution in [2.24, 2.45) is 0 Å². The molecule has 60 heavy (non-hydrogen) atoms. The predicted molar refractivity (Wildman–Crippen MR) is 236 cm³/mol. The number of hydrogen-bond donors (Lipinski definition) is 4. The molecule has 9 rings (SSSR count). The topological polar surface area (TPSA) is 78.7 Å². The van der Waals surface area contributed by atoms with Crippen molar-refractivity contribution in [3.05, 3.63) is 213 Å². The molecule has 0 atom stereocenters. The molecule has 0 unspecified atom stereocenters. The molecule has 0 spiro atoms. The van der Waals surface area contributed by atoms with Crippen LogP contribution in [0.2, 0.25) is 0 Å². The minimum absolute atomic E-state index is 0.981. The molecule has 0 aliphatic carbocycles. The Morgan fingerprint density at radius 1 is 0.283 bits per heavy atom. The van der Waals surface area contributed by atoms with Crippen molar-refractivity contribution in [1.82, 2.24) is 19.9 Å². The van der Waals surface area contributed by atoms with E-state index >= 15 is 0 Å². The summed E-state index contributed by atoms with van der Waals surface area (Å²) in [7, 11) is 0. The van der Waals surface area contributed by atoms with Gasteiger partial charge in [-0.3, -0.25) is 0 Å². The van der Waals surface area contributed by atoms with Gasteiger partial charge in [-0.05, 0) is 70.8 Å². The van der Waals surface area contributed by atoms with E-state index in [0.717, 1.165) is 141 Å². The summed E-state index contributed by atoms with van der Waals surface area (Å²) in [6.07, 6.45) is 21.9. The second-order valence-corrected chi connectivity index (χ2v) is 15.9. The average Bonchev–Trinajstić information content (AvgIpc) is 4.12. The van der Waals surface area contributed by atoms with Crippen molar-refractivity contribution in [3.63, 3.8) is 0 Å². The molecule has 0 saturated carbocycles. The quantitative estimate of drug-likeness (QED) is 0.125. The van der Waals surface area contributed by atoms with Crippen LogP contribution in [0.25, 0.3) is 22.3 Å². The number of nitrogens with zero attached hydrogens (tertiary/aromatic N) is 4. The van der Waals surface area contributed by atoms with Crippen LogP contribution in [0.3, 0.4) is 0 Å². The van der Waals surface area contributed by atoms with E-state index in [4.69, 9.17) is 0 Å². The summed E-state index contributed by atoms with van der Waals surface area (Å²) in [5, 5.41) is 4.17. The number of pyridine rings is 4. The average molecular weight is 793 g/mol. The fourth-order valence-electron chi connectivity index (χ4n) is 8.70. The highest BCUT2D eigenvalue weighted by atomic mass is 14.9. The normalized spacial score (nSPS) is 12.7. The van der Waals surface area contributed by atoms with Crippen molar-refractivity contribution >= 4 is 22.3 Å². The van der Waals surface area contributed by atoms with Gasteiger partial charge in [0.15, 0.2) is 49.6 Å². The highest BCUT2D eigenvalue weighted by Gasteiger charge is 2.20. The Hall–Kier alpha value is -6.80. The van der Waals surface area contributed by atoms with Crippen LogP contribution < -0.4 is 39.7 Å². The van der Waals surface area contributed by atoms with Gasteiger partial charge in [-0.25, -0.2) is 18.3 Å². The van der Waals surface area contributed by atoms with Crippen LogP contribution in [0, 0.1) is 0 Å². The van der Waals surface area contributed by atoms with Crippen LogP contribution >= 0.6 is 0 Å². The van der Waals surface area contributed by atoms with Gasteiger partial charge >= 0.3 is 0 Å². The first-order chi connectivity index (χ1) is 29.5. The van der Waals surface area contributed by atoms with Crippen LogP contribution in [-0.2, 0) is 26.2 Å². The van der Waals surface area contributed by atoms with Gasteiger partial charge in [0.25, 0.3) is 0 Å². The fraction of sp³-hybridized carbons (Fsp3) is 0.231. The van der Waals surface area contributed by atoms with Gasteiger partial charge in [0.05, 0.1) is 0 Å². The number of H-pyrrole nitrogens is 4. The van der Waals surface area contributed by atoms with Crippen molar-refractivity contribution < 1.29 is 18.3 Å². The van der Waals surface area contributed by atoms with Gasteiger partial charge in [-0.2, -0.15) is 0 Å². The molecule has 0 aromatic carbocycles. The molecule has 8 nitrogen and oxygen atoms in total. The number of aromatic amines is 4. The molecular formula is C52H56N8+4. The zero-order valence-corrected chi connectivity index (χ0v) is 35.3. The van der Waals surface area contributed by atoms with Crippen LogP contribution in [0.5, 0.6) is 0 Å². The maximum atomic E-state index is 3.94. The van der Waals surface area contributed by atoms with E-state index in [1.54, 1.807) is 0 Å². The molecule has 8 bridgehead atoms. The molecule has 8 aromatic rings. The van der Waals surface area contributed by atoms with E-state index in [9.17, 15) is 0 Å². The minimum Gasteiger partial charge on any atom is -0.354 e. The fourth-order valence-corrected chi connectivity index (χ4v) is 8.70. The third-order valence-electron chi connectivity index (χ3n) is 11.5. The Morgan fingerprint density at radius 2 is 0.500 bits per heavy atom. The summed E-state index contributed by atoms with van der Waals surface area (Å²) in [4.78, 5) is 15.8. The summed E-state index contributed by atoms with van der Waals surface area (Å²) in [6, 6.07) is 35.8. The van der Waals surface area contributed by atoms with Gasteiger partial charge in [-0.15, -0.1) is 0 Å². The molecule has 1 aliphatic rings. The van der Waals surface area contributed by atoms with Gasteiger partial charge in [-0.1, -0.05) is 27.7 Å². The molecule has 8 aromatic heterocycles. The van der Waals surface area contributed by atoms with Crippen LogP contribution in [-0.4, -0.2) is 19.9 Å². The summed E-state index contributed by atoms with van der Waals surface area (Å²) in [5.41, 5.74) is 13.2. The van der Waals surface area contributed by atoms with Gasteiger partial charge in [0, 0.05) is 141 Å². The van der Waals surface area contributed by atoms with E-state index in [0.29, 0.717) is 0 Å². The van der Waals surface area contributed by atoms with E-state index in [1.807, 2.05) is 0 Å². The highest BCUT2D eigenvalue weighted by molar-refractivity contribution is 5.84. The number of aryl methyl sites for hydroxylation is 4. The third-order valence-corrected chi connectivity index (χ3v) is 11.5. The van der Waals surface area contributed by atoms with E-state index in [-0.39, 0.29) is 0 Å². The number of fused-ring (bicyclic) bond motifs is 8. The highest BCUT2D eigenvalue weighted by Crippen LogP contribution is 2.27. The van der Waals surface area contributed by atoms with Gasteiger partial charge < -0.3 is 19.9 Å². The van der Waals surface area contributed by atoms with E-state index in [2.05, 4.69) is 213 Å². The lowest BCUT2D eigenvalue weighted by Crippen LogP contribution is -2.32. The van der Waals surface area contributed by atoms with Crippen molar-refractivity contribution in [3.8, 4) is 0 Å². The molecule has 9 heterocycles. The first kappa shape index (κ1) is 38.7. The molecular weight excluding hydrogens is 737 g/mol. The molecule has 8 heteroatoms. The second-order valence-electron chi connectivity index (χ2n) is 15.9. The summed E-state index contributed by atoms with van der Waals surface area (Å²) >= 11 is 0. The van der Waals surface area contributed by atoms with Crippen LogP contribution in [0.1, 0.15) is 98.4 Å². The third kappa shape index (κ3) is 7.73. The Morgan fingerprint density at radius 3 is 0.700 bits per heavy atom. The first-order valence-electron chi connectivity index (χ1n) is 21.8. The number of aromatic nitrogens is 8. The molecule has 4 N–H and O–H groups in total. The lowest BCUT2D eigenvalue weighted by molar-refractivity contribution is -0.697. The van der Waals surface area contributed by atoms with Crippen molar-refractivity contribution in [1.29, 1.82) is 0 Å². The maximum absolute atomic E-state index is 3.94. The lowest BCUT2D eigenvalue weighted by Gasteiger charge is -2.09. The van der Waals surface area contributed by atoms with Gasteiger partial charge in [0.2, 0.25) is 0 Å². The largest absolute Gasteiger partial charge is 0.354 e. The predicted octanol–water partition coefficient (Wildman–Crippen LogP) is 5.09. The zero-order chi connectivity index (χ0) is 41.0. The number of hydrogen-bond acceptors (Lipinski definition) is 0. The standard InChI is InChI=1S/C52H54N8/c1-5-25-57-29-17-37(18-30-57)49-41-9-11-43(53-41)50(38-19-31-58(26-6-2)32-20-38)45-13-15-47(55-45)52(40-23-35-60(28-8-4)36-24-40)48-16-14-46(56-48)51(44-12-10-42(49)54-44)39-21-33-59(27-7-3)34-22-39/h9-24,29-36H,5-8,25-28H2,1-4H3,(H2,53,54,55,56)/q+2/p+2. The van der Waals surface area contributed by atoms with E-state index < -0.39 is 0 Å². The SMILES string of the molecule is CCC[n+]1ccc(C2=c3ccc([nH]3)=C(c3cc[n+](CCC)cc3)c3ccc([nH]3)C(c3cc[n+](CCC)cc3)=c3ccc([nH]3)=C(c3cc[n+](CCC)cc3)c3ccc2[nH]3)cc1. The Balaban J connectivity index is 1.36. The zero-order valence-electron chi connectivity index (χ0n) is 35.3. The Labute approximate surface area is 351 Å². The smallest absolute Gasteiger partial charge is 0.169 e. The number of nitrogens with one attached hydrogen (secondary N) is 4. The summed E-state index contributed by atoms with van der Waals surface area (Å²) < 4.78 is 9.03. The maximum Gasteiger partial charge on any atom is 0.169 e. The summed E-state index contributed by atoms with van der Waals surface area (Å²) in [5.74, 6) is 0. The lowest BCUT2D eigenvalue weighted by atomic mass is 10.0. The summed E-state index contributed by atoms with van der Waals surface area (Å²) in [6.45, 7) is 12.8. The number of rotatable bonds is 12. The molecule has 0 fully saturated rings. The Kier molecular flexibility index (Phi) is 11.1. The Bertz CT molecular complexity index is 2590. The second kappa shape index (κ2) is 17.2. The molecule has 0 saturated heterocycles. The molecule has 1 aliphatic heterocycles. The van der Waals surface area contributed by atoms with Gasteiger partial charge in [0.1, 0.15) is 26.2 Å². The van der Waals surface area contributed by atoms with Crippen LogP contribution in [0.15, 0.2) is 147 Å². The van der Waals surface area contributed by atoms with E-state index in [1.165, 1.54) is 0 Å². The molecule has 300 valence electrons. The van der Waals surface area contributed by atoms with Crippen molar-refractivity contribution in [2.75, 3.05) is 0 Å². The van der Waals surface area contributed by atoms with Crippen LogP contribution in [0.4, 0.5) is 0 Å². The monoisotopic (exact) mass is 792 g/mol. The molecule has 0 radical (unpaired) electrons. The molecule has 0 amide bonds. The first-order valence-corrected chi connectivity index (χ1v) is 21.8. The minimum atomic E-state index is 0.981.